The van der Waals surface area contributed by atoms with E-state index in [1.54, 1.807) is 0 Å². The second kappa shape index (κ2) is 6.87. The third-order valence-electron chi connectivity index (χ3n) is 2.44. The Bertz CT molecular complexity index is 591. The highest BCUT2D eigenvalue weighted by atomic mass is 35.5. The summed E-state index contributed by atoms with van der Waals surface area (Å²) in [4.78, 5) is 15.2. The summed E-state index contributed by atoms with van der Waals surface area (Å²) in [5.74, 6) is -0.0237. The molecule has 0 spiro atoms. The molecule has 20 heavy (non-hydrogen) atoms. The molecule has 1 atom stereocenters. The Hall–Kier alpha value is -1.38. The summed E-state index contributed by atoms with van der Waals surface area (Å²) in [6, 6.07) is 0.392. The molecule has 0 radical (unpaired) electrons. The Balaban J connectivity index is 2.98. The van der Waals surface area contributed by atoms with Crippen LogP contribution in [0.4, 0.5) is 5.82 Å². The van der Waals surface area contributed by atoms with E-state index in [1.807, 2.05) is 6.92 Å². The number of aromatic nitrogens is 1. The molecule has 1 aromatic rings. The minimum atomic E-state index is -3.85. The van der Waals surface area contributed by atoms with Crippen LogP contribution in [0.1, 0.15) is 13.8 Å². The molecule has 0 aliphatic carbocycles. The largest absolute Gasteiger partial charge is 0.369 e. The third kappa shape index (κ3) is 4.06. The van der Waals surface area contributed by atoms with Crippen LogP contribution in [0.2, 0.25) is 5.02 Å². The van der Waals surface area contributed by atoms with Gasteiger partial charge in [0.15, 0.2) is 0 Å². The van der Waals surface area contributed by atoms with E-state index in [4.69, 9.17) is 11.6 Å². The van der Waals surface area contributed by atoms with Crippen molar-refractivity contribution in [2.24, 2.45) is 0 Å². The van der Waals surface area contributed by atoms with Gasteiger partial charge < -0.3 is 10.6 Å². The number of nitrogens with zero attached hydrogens (tertiary/aromatic N) is 1. The van der Waals surface area contributed by atoms with Crippen LogP contribution in [0, 0.1) is 0 Å². The summed E-state index contributed by atoms with van der Waals surface area (Å²) in [7, 11) is -2.43. The first-order chi connectivity index (χ1) is 9.31. The maximum atomic E-state index is 12.1. The van der Waals surface area contributed by atoms with Crippen molar-refractivity contribution < 1.29 is 13.2 Å². The molecule has 0 aromatic carbocycles. The van der Waals surface area contributed by atoms with Gasteiger partial charge in [-0.15, -0.1) is 0 Å². The predicted molar refractivity (Wildman–Crippen MR) is 77.3 cm³/mol. The Morgan fingerprint density at radius 2 is 2.15 bits per heavy atom. The first kappa shape index (κ1) is 16.7. The Kier molecular flexibility index (Phi) is 5.73. The fourth-order valence-corrected chi connectivity index (χ4v) is 2.91. The molecule has 3 N–H and O–H groups in total. The quantitative estimate of drug-likeness (QED) is 0.712. The van der Waals surface area contributed by atoms with Crippen LogP contribution in [0.5, 0.6) is 0 Å². The number of carbonyl (C=O) groups is 1. The van der Waals surface area contributed by atoms with Crippen LogP contribution in [0.3, 0.4) is 0 Å². The zero-order valence-corrected chi connectivity index (χ0v) is 13.0. The lowest BCUT2D eigenvalue weighted by Crippen LogP contribution is -2.43. The smallest absolute Gasteiger partial charge is 0.242 e. The molecule has 1 aromatic heterocycles. The lowest BCUT2D eigenvalue weighted by molar-refractivity contribution is -0.121. The van der Waals surface area contributed by atoms with Crippen molar-refractivity contribution in [1.82, 2.24) is 15.0 Å². The van der Waals surface area contributed by atoms with Crippen molar-refractivity contribution in [2.45, 2.75) is 24.8 Å². The van der Waals surface area contributed by atoms with Crippen LogP contribution in [-0.4, -0.2) is 38.9 Å². The monoisotopic (exact) mass is 320 g/mol. The molecule has 1 rings (SSSR count). The van der Waals surface area contributed by atoms with E-state index in [2.05, 4.69) is 20.3 Å². The second-order valence-electron chi connectivity index (χ2n) is 3.99. The molecule has 7 nitrogen and oxygen atoms in total. The number of rotatable bonds is 6. The number of sulfonamides is 1. The molecule has 0 bridgehead atoms. The molecule has 1 unspecified atom stereocenters. The van der Waals surface area contributed by atoms with Crippen molar-refractivity contribution in [1.29, 1.82) is 0 Å². The van der Waals surface area contributed by atoms with E-state index in [0.29, 0.717) is 12.4 Å². The van der Waals surface area contributed by atoms with E-state index in [9.17, 15) is 13.2 Å². The summed E-state index contributed by atoms with van der Waals surface area (Å²) in [5.41, 5.74) is 0. The number of hydrogen-bond donors (Lipinski definition) is 3. The van der Waals surface area contributed by atoms with Gasteiger partial charge in [-0.2, -0.15) is 4.72 Å². The molecule has 0 aliphatic rings. The minimum Gasteiger partial charge on any atom is -0.369 e. The summed E-state index contributed by atoms with van der Waals surface area (Å²) < 4.78 is 26.4. The van der Waals surface area contributed by atoms with Gasteiger partial charge in [0, 0.05) is 19.8 Å². The zero-order valence-electron chi connectivity index (χ0n) is 11.4. The standard InChI is InChI=1S/C11H17ClN4O3S/c1-4-14-10-9(12)5-8(6-15-10)20(18,19)16-7(2)11(17)13-3/h5-7,16H,4H2,1-3H3,(H,13,17)(H,14,15). The normalized spacial score (nSPS) is 12.8. The first-order valence-electron chi connectivity index (χ1n) is 5.95. The fourth-order valence-electron chi connectivity index (χ4n) is 1.44. The number of hydrogen-bond acceptors (Lipinski definition) is 5. The number of amides is 1. The lowest BCUT2D eigenvalue weighted by atomic mass is 10.3. The van der Waals surface area contributed by atoms with Crippen LogP contribution >= 0.6 is 11.6 Å². The summed E-state index contributed by atoms with van der Waals surface area (Å²) in [6.07, 6.45) is 1.18. The Labute approximate surface area is 123 Å². The van der Waals surface area contributed by atoms with Crippen LogP contribution in [0.25, 0.3) is 0 Å². The number of pyridine rings is 1. The van der Waals surface area contributed by atoms with Crippen LogP contribution in [-0.2, 0) is 14.8 Å². The van der Waals surface area contributed by atoms with Gasteiger partial charge in [-0.05, 0) is 19.9 Å². The van der Waals surface area contributed by atoms with Crippen molar-refractivity contribution >= 4 is 33.3 Å². The maximum absolute atomic E-state index is 12.1. The fraction of sp³-hybridized carbons (Fsp3) is 0.455. The summed E-state index contributed by atoms with van der Waals surface area (Å²) >= 11 is 5.94. The average Bonchev–Trinajstić information content (AvgIpc) is 2.39. The summed E-state index contributed by atoms with van der Waals surface area (Å²) in [6.45, 7) is 3.93. The van der Waals surface area contributed by atoms with Crippen molar-refractivity contribution in [2.75, 3.05) is 18.9 Å². The molecular weight excluding hydrogens is 304 g/mol. The van der Waals surface area contributed by atoms with Gasteiger partial charge in [-0.3, -0.25) is 4.79 Å². The maximum Gasteiger partial charge on any atom is 0.242 e. The van der Waals surface area contributed by atoms with E-state index >= 15 is 0 Å². The average molecular weight is 321 g/mol. The van der Waals surface area contributed by atoms with Crippen molar-refractivity contribution in [3.8, 4) is 0 Å². The van der Waals surface area contributed by atoms with Gasteiger partial charge in [-0.25, -0.2) is 13.4 Å². The minimum absolute atomic E-state index is 0.0973. The molecule has 112 valence electrons. The molecule has 0 aliphatic heterocycles. The third-order valence-corrected chi connectivity index (χ3v) is 4.24. The van der Waals surface area contributed by atoms with E-state index in [-0.39, 0.29) is 9.92 Å². The number of nitrogens with one attached hydrogen (secondary N) is 3. The van der Waals surface area contributed by atoms with E-state index in [0.717, 1.165) is 0 Å². The van der Waals surface area contributed by atoms with Crippen molar-refractivity contribution in [3.05, 3.63) is 17.3 Å². The second-order valence-corrected chi connectivity index (χ2v) is 6.11. The molecule has 1 amide bonds. The molecule has 1 heterocycles. The molecular formula is C11H17ClN4O3S. The molecule has 0 saturated carbocycles. The van der Waals surface area contributed by atoms with Gasteiger partial charge in [0.25, 0.3) is 0 Å². The van der Waals surface area contributed by atoms with Crippen LogP contribution < -0.4 is 15.4 Å². The highest BCUT2D eigenvalue weighted by Gasteiger charge is 2.22. The highest BCUT2D eigenvalue weighted by Crippen LogP contribution is 2.22. The molecule has 9 heteroatoms. The van der Waals surface area contributed by atoms with Crippen LogP contribution in [0.15, 0.2) is 17.2 Å². The highest BCUT2D eigenvalue weighted by molar-refractivity contribution is 7.89. The van der Waals surface area contributed by atoms with Crippen molar-refractivity contribution in [3.63, 3.8) is 0 Å². The molecule has 0 fully saturated rings. The van der Waals surface area contributed by atoms with Gasteiger partial charge >= 0.3 is 0 Å². The van der Waals surface area contributed by atoms with E-state index in [1.165, 1.54) is 26.2 Å². The Morgan fingerprint density at radius 3 is 2.65 bits per heavy atom. The summed E-state index contributed by atoms with van der Waals surface area (Å²) in [5, 5.41) is 5.46. The SMILES string of the molecule is CCNc1ncc(S(=O)(=O)NC(C)C(=O)NC)cc1Cl. The van der Waals surface area contributed by atoms with E-state index < -0.39 is 22.0 Å². The zero-order chi connectivity index (χ0) is 15.3. The Morgan fingerprint density at radius 1 is 1.50 bits per heavy atom. The van der Waals surface area contributed by atoms with Gasteiger partial charge in [0.2, 0.25) is 15.9 Å². The number of likely N-dealkylation sites (N-methyl/N-ethyl adjacent to an activating group) is 1. The lowest BCUT2D eigenvalue weighted by Gasteiger charge is -2.13. The van der Waals surface area contributed by atoms with Gasteiger partial charge in [0.1, 0.15) is 10.7 Å². The predicted octanol–water partition coefficient (Wildman–Crippen LogP) is 0.580. The van der Waals surface area contributed by atoms with Gasteiger partial charge in [-0.1, -0.05) is 11.6 Å². The topological polar surface area (TPSA) is 100 Å². The number of carbonyl (C=O) groups excluding carboxylic acids is 1. The number of halogens is 1. The number of anilines is 1. The van der Waals surface area contributed by atoms with Gasteiger partial charge in [0.05, 0.1) is 11.1 Å². The first-order valence-corrected chi connectivity index (χ1v) is 7.81. The molecule has 0 saturated heterocycles.